The lowest BCUT2D eigenvalue weighted by Gasteiger charge is -2.27. The summed E-state index contributed by atoms with van der Waals surface area (Å²) in [6.07, 6.45) is 4.16. The monoisotopic (exact) mass is 403 g/mol. The number of hydrogen-bond donors (Lipinski definition) is 1. The Kier molecular flexibility index (Phi) is 8.05. The molecule has 1 aliphatic rings. The zero-order valence-electron chi connectivity index (χ0n) is 18.0. The molecule has 0 saturated carbocycles. The molecule has 7 nitrogen and oxygen atoms in total. The summed E-state index contributed by atoms with van der Waals surface area (Å²) in [6.45, 7) is 7.07. The first-order valence-corrected chi connectivity index (χ1v) is 10.5. The van der Waals surface area contributed by atoms with Crippen molar-refractivity contribution in [3.05, 3.63) is 29.8 Å². The lowest BCUT2D eigenvalue weighted by Crippen LogP contribution is -2.46. The number of carbonyl (C=O) groups excluding carboxylic acids is 3. The quantitative estimate of drug-likeness (QED) is 0.575. The molecule has 1 N–H and O–H groups in total. The van der Waals surface area contributed by atoms with E-state index >= 15 is 0 Å². The molecule has 1 fully saturated rings. The maximum absolute atomic E-state index is 13.3. The third-order valence-corrected chi connectivity index (χ3v) is 5.50. The standard InChI is InChI=1S/C22H33N3O4/c1-5-8-14-24(15-9-6-2)19(26)16-25-20(27)22(7-3,23-21(25)28)17-10-12-18(29-4)13-11-17/h10-13H,5-9,14-16H2,1-4H3,(H,23,28)/t22-/m1/s1. The van der Waals surface area contributed by atoms with Crippen LogP contribution in [0.2, 0.25) is 0 Å². The van der Waals surface area contributed by atoms with Crippen LogP contribution in [0.25, 0.3) is 0 Å². The van der Waals surface area contributed by atoms with Crippen LogP contribution in [-0.4, -0.2) is 54.4 Å². The zero-order valence-corrected chi connectivity index (χ0v) is 18.0. The SMILES string of the molecule is CCCCN(CCCC)C(=O)CN1C(=O)N[C@](CC)(c2ccc(OC)cc2)C1=O. The van der Waals surface area contributed by atoms with Crippen LogP contribution < -0.4 is 10.1 Å². The van der Waals surface area contributed by atoms with Crippen molar-refractivity contribution in [1.82, 2.24) is 15.1 Å². The van der Waals surface area contributed by atoms with Crippen molar-refractivity contribution >= 4 is 17.8 Å². The Morgan fingerprint density at radius 2 is 1.66 bits per heavy atom. The predicted octanol–water partition coefficient (Wildman–Crippen LogP) is 3.28. The number of hydrogen-bond acceptors (Lipinski definition) is 4. The van der Waals surface area contributed by atoms with Gasteiger partial charge in [-0.3, -0.25) is 14.5 Å². The summed E-state index contributed by atoms with van der Waals surface area (Å²) in [6, 6.07) is 6.56. The normalized spacial score (nSPS) is 18.7. The van der Waals surface area contributed by atoms with Crippen LogP contribution in [0.15, 0.2) is 24.3 Å². The van der Waals surface area contributed by atoms with Gasteiger partial charge in [0.15, 0.2) is 0 Å². The third kappa shape index (κ3) is 4.89. The van der Waals surface area contributed by atoms with E-state index in [-0.39, 0.29) is 18.4 Å². The number of benzene rings is 1. The van der Waals surface area contributed by atoms with E-state index in [1.807, 2.05) is 6.92 Å². The second-order valence-corrected chi connectivity index (χ2v) is 7.40. The van der Waals surface area contributed by atoms with Crippen molar-refractivity contribution in [2.45, 2.75) is 58.4 Å². The predicted molar refractivity (Wildman–Crippen MR) is 112 cm³/mol. The number of carbonyl (C=O) groups is 3. The van der Waals surface area contributed by atoms with Crippen LogP contribution in [-0.2, 0) is 15.1 Å². The Morgan fingerprint density at radius 3 is 2.14 bits per heavy atom. The van der Waals surface area contributed by atoms with E-state index < -0.39 is 11.6 Å². The fourth-order valence-corrected chi connectivity index (χ4v) is 3.58. The van der Waals surface area contributed by atoms with Crippen molar-refractivity contribution in [3.8, 4) is 5.75 Å². The molecule has 1 aliphatic heterocycles. The van der Waals surface area contributed by atoms with Crippen molar-refractivity contribution in [1.29, 1.82) is 0 Å². The summed E-state index contributed by atoms with van der Waals surface area (Å²) >= 11 is 0. The molecular weight excluding hydrogens is 370 g/mol. The van der Waals surface area contributed by atoms with E-state index in [0.717, 1.165) is 30.6 Å². The van der Waals surface area contributed by atoms with Crippen molar-refractivity contribution in [2.75, 3.05) is 26.7 Å². The Balaban J connectivity index is 2.20. The summed E-state index contributed by atoms with van der Waals surface area (Å²) in [5.41, 5.74) is -0.468. The first kappa shape index (κ1) is 22.7. The molecule has 1 heterocycles. The van der Waals surface area contributed by atoms with Crippen LogP contribution in [0.1, 0.15) is 58.4 Å². The average Bonchev–Trinajstić information content (AvgIpc) is 2.99. The molecule has 1 aromatic rings. The zero-order chi connectivity index (χ0) is 21.4. The number of amides is 4. The van der Waals surface area contributed by atoms with E-state index in [1.165, 1.54) is 0 Å². The van der Waals surface area contributed by atoms with Gasteiger partial charge in [0, 0.05) is 13.1 Å². The number of urea groups is 1. The Labute approximate surface area is 173 Å². The minimum atomic E-state index is -1.15. The molecule has 2 rings (SSSR count). The molecule has 160 valence electrons. The second kappa shape index (κ2) is 10.3. The fourth-order valence-electron chi connectivity index (χ4n) is 3.58. The van der Waals surface area contributed by atoms with Gasteiger partial charge in [-0.15, -0.1) is 0 Å². The smallest absolute Gasteiger partial charge is 0.325 e. The Hall–Kier alpha value is -2.57. The highest BCUT2D eigenvalue weighted by molar-refractivity contribution is 6.09. The van der Waals surface area contributed by atoms with Gasteiger partial charge in [-0.05, 0) is 37.0 Å². The first-order chi connectivity index (χ1) is 13.9. The molecule has 7 heteroatoms. The van der Waals surface area contributed by atoms with E-state index in [2.05, 4.69) is 19.2 Å². The van der Waals surface area contributed by atoms with Gasteiger partial charge in [0.2, 0.25) is 5.91 Å². The van der Waals surface area contributed by atoms with Crippen molar-refractivity contribution < 1.29 is 19.1 Å². The highest BCUT2D eigenvalue weighted by Crippen LogP contribution is 2.33. The molecule has 0 aromatic heterocycles. The van der Waals surface area contributed by atoms with Crippen LogP contribution in [0.5, 0.6) is 5.75 Å². The van der Waals surface area contributed by atoms with Gasteiger partial charge in [-0.25, -0.2) is 4.79 Å². The fraction of sp³-hybridized carbons (Fsp3) is 0.591. The lowest BCUT2D eigenvalue weighted by atomic mass is 9.87. The molecule has 0 unspecified atom stereocenters. The van der Waals surface area contributed by atoms with Gasteiger partial charge in [0.05, 0.1) is 7.11 Å². The molecule has 1 aromatic carbocycles. The summed E-state index contributed by atoms with van der Waals surface area (Å²) in [5, 5.41) is 2.83. The number of rotatable bonds is 11. The molecule has 0 bridgehead atoms. The van der Waals surface area contributed by atoms with Gasteiger partial charge >= 0.3 is 6.03 Å². The summed E-state index contributed by atoms with van der Waals surface area (Å²) in [4.78, 5) is 41.6. The average molecular weight is 404 g/mol. The van der Waals surface area contributed by atoms with Crippen LogP contribution in [0.4, 0.5) is 4.79 Å². The van der Waals surface area contributed by atoms with Gasteiger partial charge in [0.25, 0.3) is 5.91 Å². The maximum atomic E-state index is 13.3. The third-order valence-electron chi connectivity index (χ3n) is 5.50. The van der Waals surface area contributed by atoms with Gasteiger partial charge in [-0.1, -0.05) is 45.7 Å². The number of ether oxygens (including phenoxy) is 1. The molecule has 1 atom stereocenters. The summed E-state index contributed by atoms with van der Waals surface area (Å²) < 4.78 is 5.18. The maximum Gasteiger partial charge on any atom is 0.325 e. The molecule has 4 amide bonds. The number of unbranched alkanes of at least 4 members (excludes halogenated alkanes) is 2. The Morgan fingerprint density at radius 1 is 1.07 bits per heavy atom. The molecule has 1 saturated heterocycles. The highest BCUT2D eigenvalue weighted by atomic mass is 16.5. The van der Waals surface area contributed by atoms with Gasteiger partial charge in [-0.2, -0.15) is 0 Å². The number of nitrogens with one attached hydrogen (secondary N) is 1. The first-order valence-electron chi connectivity index (χ1n) is 10.5. The van der Waals surface area contributed by atoms with E-state index in [4.69, 9.17) is 4.74 Å². The van der Waals surface area contributed by atoms with Crippen LogP contribution in [0, 0.1) is 0 Å². The van der Waals surface area contributed by atoms with Gasteiger partial charge in [0.1, 0.15) is 17.8 Å². The van der Waals surface area contributed by atoms with Crippen molar-refractivity contribution in [2.24, 2.45) is 0 Å². The van der Waals surface area contributed by atoms with Crippen molar-refractivity contribution in [3.63, 3.8) is 0 Å². The van der Waals surface area contributed by atoms with Gasteiger partial charge < -0.3 is 15.0 Å². The van der Waals surface area contributed by atoms with Crippen LogP contribution in [0.3, 0.4) is 0 Å². The van der Waals surface area contributed by atoms with Crippen LogP contribution >= 0.6 is 0 Å². The second-order valence-electron chi connectivity index (χ2n) is 7.40. The molecule has 0 spiro atoms. The highest BCUT2D eigenvalue weighted by Gasteiger charge is 2.51. The summed E-state index contributed by atoms with van der Waals surface area (Å²) in [5.74, 6) is 0.109. The molecule has 0 aliphatic carbocycles. The lowest BCUT2D eigenvalue weighted by molar-refractivity contribution is -0.139. The molecular formula is C22H33N3O4. The molecule has 0 radical (unpaired) electrons. The summed E-state index contributed by atoms with van der Waals surface area (Å²) in [7, 11) is 1.57. The number of nitrogens with zero attached hydrogens (tertiary/aromatic N) is 2. The topological polar surface area (TPSA) is 79.0 Å². The van der Waals surface area contributed by atoms with E-state index in [0.29, 0.717) is 30.8 Å². The minimum Gasteiger partial charge on any atom is -0.497 e. The Bertz CT molecular complexity index is 711. The number of imide groups is 1. The minimum absolute atomic E-state index is 0.183. The largest absolute Gasteiger partial charge is 0.497 e. The van der Waals surface area contributed by atoms with E-state index in [1.54, 1.807) is 36.3 Å². The number of methoxy groups -OCH3 is 1. The molecule has 29 heavy (non-hydrogen) atoms. The van der Waals surface area contributed by atoms with E-state index in [9.17, 15) is 14.4 Å².